The Morgan fingerprint density at radius 1 is 1.03 bits per heavy atom. The molecule has 0 spiro atoms. The Hall–Kier alpha value is -2.29. The normalized spacial score (nSPS) is 18.6. The summed E-state index contributed by atoms with van der Waals surface area (Å²) < 4.78 is 58.0. The summed E-state index contributed by atoms with van der Waals surface area (Å²) in [5, 5.41) is 0.253. The first-order chi connectivity index (χ1) is 16.1. The molecule has 1 heterocycles. The summed E-state index contributed by atoms with van der Waals surface area (Å²) in [6.45, 7) is 6.90. The van der Waals surface area contributed by atoms with Gasteiger partial charge in [-0.1, -0.05) is 35.9 Å². The Bertz CT molecular complexity index is 1180. The standard InChI is InChI=1S/C24H30NO7PS/c1-5-30-33(27,31-6-2)19(4)22-16-25(34(28,29)21-14-12-18(3)13-15-21)17-23(22)32-24(26)20-10-8-7-9-11-20/h7-15,23H,5-6,16-17H2,1-4H3/b22-19-. The third-order valence-corrected chi connectivity index (χ3v) is 9.63. The molecule has 10 heteroatoms. The average Bonchev–Trinajstić information content (AvgIpc) is 3.24. The van der Waals surface area contributed by atoms with Crippen molar-refractivity contribution in [2.75, 3.05) is 26.3 Å². The first-order valence-corrected chi connectivity index (χ1v) is 14.0. The molecule has 184 valence electrons. The Kier molecular flexibility index (Phi) is 8.49. The van der Waals surface area contributed by atoms with Gasteiger partial charge in [0, 0.05) is 11.9 Å². The summed E-state index contributed by atoms with van der Waals surface area (Å²) in [5.74, 6) is -0.604. The van der Waals surface area contributed by atoms with Crippen molar-refractivity contribution in [3.8, 4) is 0 Å². The molecule has 0 N–H and O–H groups in total. The molecule has 1 saturated heterocycles. The van der Waals surface area contributed by atoms with E-state index in [0.717, 1.165) is 5.56 Å². The summed E-state index contributed by atoms with van der Waals surface area (Å²) >= 11 is 0. The molecule has 0 bridgehead atoms. The summed E-state index contributed by atoms with van der Waals surface area (Å²) in [5.41, 5.74) is 1.66. The number of aryl methyl sites for hydroxylation is 1. The molecule has 0 aromatic heterocycles. The molecule has 34 heavy (non-hydrogen) atoms. The van der Waals surface area contributed by atoms with Crippen LogP contribution in [0.25, 0.3) is 0 Å². The van der Waals surface area contributed by atoms with Gasteiger partial charge in [0.25, 0.3) is 0 Å². The predicted octanol–water partition coefficient (Wildman–Crippen LogP) is 4.77. The van der Waals surface area contributed by atoms with Gasteiger partial charge in [-0.3, -0.25) is 4.57 Å². The molecule has 1 atom stereocenters. The van der Waals surface area contributed by atoms with E-state index in [0.29, 0.717) is 11.1 Å². The summed E-state index contributed by atoms with van der Waals surface area (Å²) in [6.07, 6.45) is -0.942. The minimum Gasteiger partial charge on any atom is -0.453 e. The highest BCUT2D eigenvalue weighted by Gasteiger charge is 2.42. The molecule has 2 aromatic rings. The van der Waals surface area contributed by atoms with E-state index >= 15 is 0 Å². The van der Waals surface area contributed by atoms with Crippen LogP contribution in [0.4, 0.5) is 0 Å². The third kappa shape index (κ3) is 5.67. The van der Waals surface area contributed by atoms with E-state index in [1.54, 1.807) is 63.2 Å². The highest BCUT2D eigenvalue weighted by molar-refractivity contribution is 7.89. The number of hydrogen-bond acceptors (Lipinski definition) is 7. The van der Waals surface area contributed by atoms with Gasteiger partial charge in [0.2, 0.25) is 10.0 Å². The number of carbonyl (C=O) groups is 1. The quantitative estimate of drug-likeness (QED) is 0.356. The van der Waals surface area contributed by atoms with Crippen LogP contribution in [-0.4, -0.2) is 51.1 Å². The van der Waals surface area contributed by atoms with Gasteiger partial charge in [-0.15, -0.1) is 0 Å². The van der Waals surface area contributed by atoms with Gasteiger partial charge in [0.05, 0.1) is 30.2 Å². The zero-order valence-electron chi connectivity index (χ0n) is 19.8. The smallest absolute Gasteiger partial charge is 0.357 e. The lowest BCUT2D eigenvalue weighted by molar-refractivity contribution is 0.0390. The van der Waals surface area contributed by atoms with Gasteiger partial charge in [-0.05, 0) is 57.5 Å². The van der Waals surface area contributed by atoms with Gasteiger partial charge < -0.3 is 13.8 Å². The Balaban J connectivity index is 2.02. The van der Waals surface area contributed by atoms with Crippen molar-refractivity contribution < 1.29 is 31.6 Å². The van der Waals surface area contributed by atoms with Crippen LogP contribution in [0.15, 0.2) is 70.4 Å². The van der Waals surface area contributed by atoms with E-state index in [2.05, 4.69) is 0 Å². The molecule has 2 aromatic carbocycles. The van der Waals surface area contributed by atoms with Crippen molar-refractivity contribution in [3.63, 3.8) is 0 Å². The zero-order chi connectivity index (χ0) is 24.9. The fourth-order valence-corrected chi connectivity index (χ4v) is 6.79. The van der Waals surface area contributed by atoms with Crippen molar-refractivity contribution in [1.29, 1.82) is 0 Å². The molecule has 8 nitrogen and oxygen atoms in total. The second-order valence-corrected chi connectivity index (χ2v) is 11.9. The molecular weight excluding hydrogens is 477 g/mol. The maximum atomic E-state index is 13.5. The molecule has 0 aliphatic carbocycles. The van der Waals surface area contributed by atoms with Crippen LogP contribution in [0.2, 0.25) is 0 Å². The van der Waals surface area contributed by atoms with E-state index in [1.807, 2.05) is 6.92 Å². The number of ether oxygens (including phenoxy) is 1. The fraction of sp³-hybridized carbons (Fsp3) is 0.375. The lowest BCUT2D eigenvalue weighted by atomic mass is 10.2. The van der Waals surface area contributed by atoms with Crippen LogP contribution in [0.1, 0.15) is 36.7 Å². The maximum absolute atomic E-state index is 13.5. The van der Waals surface area contributed by atoms with Crippen LogP contribution < -0.4 is 0 Å². The van der Waals surface area contributed by atoms with Crippen LogP contribution in [-0.2, 0) is 28.4 Å². The highest BCUT2D eigenvalue weighted by Crippen LogP contribution is 2.58. The number of rotatable bonds is 9. The van der Waals surface area contributed by atoms with E-state index < -0.39 is 29.7 Å². The van der Waals surface area contributed by atoms with Crippen LogP contribution in [0.3, 0.4) is 0 Å². The summed E-state index contributed by atoms with van der Waals surface area (Å²) in [6, 6.07) is 14.9. The van der Waals surface area contributed by atoms with Gasteiger partial charge >= 0.3 is 13.6 Å². The van der Waals surface area contributed by atoms with Crippen molar-refractivity contribution >= 4 is 23.6 Å². The molecule has 1 aliphatic heterocycles. The van der Waals surface area contributed by atoms with Crippen molar-refractivity contribution in [3.05, 3.63) is 76.6 Å². The maximum Gasteiger partial charge on any atom is 0.357 e. The first-order valence-electron chi connectivity index (χ1n) is 11.0. The lowest BCUT2D eigenvalue weighted by Crippen LogP contribution is -2.31. The molecule has 3 rings (SSSR count). The molecule has 0 amide bonds. The second kappa shape index (κ2) is 11.0. The number of sulfonamides is 1. The Morgan fingerprint density at radius 3 is 2.18 bits per heavy atom. The van der Waals surface area contributed by atoms with Crippen LogP contribution >= 0.6 is 7.60 Å². The number of benzene rings is 2. The number of nitrogens with zero attached hydrogens (tertiary/aromatic N) is 1. The molecule has 1 unspecified atom stereocenters. The second-order valence-electron chi connectivity index (χ2n) is 7.81. The summed E-state index contributed by atoms with van der Waals surface area (Å²) in [4.78, 5) is 12.9. The van der Waals surface area contributed by atoms with Crippen molar-refractivity contribution in [2.45, 2.75) is 38.7 Å². The Labute approximate surface area is 201 Å². The average molecular weight is 508 g/mol. The predicted molar refractivity (Wildman–Crippen MR) is 129 cm³/mol. The number of esters is 1. The molecule has 1 aliphatic rings. The first kappa shape index (κ1) is 26.3. The fourth-order valence-electron chi connectivity index (χ4n) is 3.67. The lowest BCUT2D eigenvalue weighted by Gasteiger charge is -2.21. The topological polar surface area (TPSA) is 99.2 Å². The number of carbonyl (C=O) groups excluding carboxylic acids is 1. The van der Waals surface area contributed by atoms with Crippen LogP contribution in [0, 0.1) is 6.92 Å². The summed E-state index contributed by atoms with van der Waals surface area (Å²) in [7, 11) is -7.59. The minimum atomic E-state index is -3.89. The molecular formula is C24H30NO7PS. The highest BCUT2D eigenvalue weighted by atomic mass is 32.2. The Morgan fingerprint density at radius 2 is 1.62 bits per heavy atom. The zero-order valence-corrected chi connectivity index (χ0v) is 21.5. The third-order valence-electron chi connectivity index (χ3n) is 5.50. The van der Waals surface area contributed by atoms with Crippen molar-refractivity contribution in [1.82, 2.24) is 4.31 Å². The van der Waals surface area contributed by atoms with Gasteiger partial charge in [-0.25, -0.2) is 13.2 Å². The SMILES string of the molecule is CCOP(=O)(OCC)/C(C)=C1/CN(S(=O)(=O)c2ccc(C)cc2)CC1OC(=O)c1ccccc1. The molecule has 0 saturated carbocycles. The monoisotopic (exact) mass is 507 g/mol. The largest absolute Gasteiger partial charge is 0.453 e. The van der Waals surface area contributed by atoms with E-state index in [1.165, 1.54) is 16.4 Å². The van der Waals surface area contributed by atoms with Crippen molar-refractivity contribution in [2.24, 2.45) is 0 Å². The van der Waals surface area contributed by atoms with E-state index in [4.69, 9.17) is 13.8 Å². The molecule has 1 fully saturated rings. The van der Waals surface area contributed by atoms with Gasteiger partial charge in [0.15, 0.2) is 0 Å². The van der Waals surface area contributed by atoms with Crippen LogP contribution in [0.5, 0.6) is 0 Å². The van der Waals surface area contributed by atoms with Gasteiger partial charge in [0.1, 0.15) is 6.10 Å². The minimum absolute atomic E-state index is 0.0983. The molecule has 0 radical (unpaired) electrons. The van der Waals surface area contributed by atoms with E-state index in [-0.39, 0.29) is 36.5 Å². The number of hydrogen-bond donors (Lipinski definition) is 0. The number of allylic oxidation sites excluding steroid dienone is 1. The van der Waals surface area contributed by atoms with Gasteiger partial charge in [-0.2, -0.15) is 4.31 Å². The van der Waals surface area contributed by atoms with E-state index in [9.17, 15) is 17.8 Å².